The van der Waals surface area contributed by atoms with Gasteiger partial charge in [-0.25, -0.2) is 24.8 Å². The van der Waals surface area contributed by atoms with Crippen LogP contribution in [-0.2, 0) is 6.54 Å². The molecule has 45 heavy (non-hydrogen) atoms. The number of piperazine rings is 1. The van der Waals surface area contributed by atoms with Gasteiger partial charge in [-0.1, -0.05) is 63.2 Å². The van der Waals surface area contributed by atoms with E-state index in [4.69, 9.17) is 15.7 Å². The number of benzene rings is 2. The lowest BCUT2D eigenvalue weighted by molar-refractivity contribution is 0.0886. The second-order valence-corrected chi connectivity index (χ2v) is 13.7. The Balaban J connectivity index is 1.18. The Morgan fingerprint density at radius 1 is 0.933 bits per heavy atom. The summed E-state index contributed by atoms with van der Waals surface area (Å²) < 4.78 is 5.32. The van der Waals surface area contributed by atoms with Crippen LogP contribution in [0.25, 0.3) is 39.5 Å². The lowest BCUT2D eigenvalue weighted by atomic mass is 10.1. The minimum Gasteiger partial charge on any atom is -0.383 e. The zero-order valence-electron chi connectivity index (χ0n) is 25.0. The highest BCUT2D eigenvalue weighted by molar-refractivity contribution is 14.2. The Kier molecular flexibility index (Phi) is 8.06. The van der Waals surface area contributed by atoms with Crippen molar-refractivity contribution in [2.24, 2.45) is 4.99 Å². The molecule has 0 saturated carbocycles. The smallest absolute Gasteiger partial charge is 0.165 e. The van der Waals surface area contributed by atoms with Crippen molar-refractivity contribution in [1.29, 1.82) is 5.26 Å². The van der Waals surface area contributed by atoms with E-state index in [0.29, 0.717) is 29.4 Å². The highest BCUT2D eigenvalue weighted by atomic mass is 127. The lowest BCUT2D eigenvalue weighted by Gasteiger charge is -2.44. The first-order chi connectivity index (χ1) is 22.0. The number of aliphatic imine (C=N–C) groups is 1. The van der Waals surface area contributed by atoms with Gasteiger partial charge in [-0.05, 0) is 66.0 Å². The fourth-order valence-electron chi connectivity index (χ4n) is 6.18. The SMILES string of the molecule is C[C@@H]1CN(Cc2ccc(-n3c(-c4cccnc4N)nc4ccc(-c5ccccc5)nc43)cc2)C[C@H](C)N1C1=IC=CC(C#N)=N1. The number of nitrogens with two attached hydrogens (primary N) is 1. The molecular formula is C35H32IN9. The highest BCUT2D eigenvalue weighted by Gasteiger charge is 2.32. The van der Waals surface area contributed by atoms with Gasteiger partial charge in [-0.2, -0.15) is 5.26 Å². The van der Waals surface area contributed by atoms with E-state index in [2.05, 4.69) is 84.7 Å². The zero-order valence-corrected chi connectivity index (χ0v) is 27.2. The molecule has 10 heteroatoms. The minimum atomic E-state index is -0.320. The molecule has 2 aliphatic heterocycles. The average molecular weight is 706 g/mol. The Morgan fingerprint density at radius 2 is 1.71 bits per heavy atom. The number of nitrogens with zero attached hydrogens (tertiary/aromatic N) is 8. The van der Waals surface area contributed by atoms with Crippen LogP contribution in [0.2, 0.25) is 0 Å². The molecule has 2 aromatic carbocycles. The van der Waals surface area contributed by atoms with E-state index in [1.54, 1.807) is 6.20 Å². The maximum Gasteiger partial charge on any atom is 0.165 e. The van der Waals surface area contributed by atoms with Gasteiger partial charge in [0.2, 0.25) is 0 Å². The van der Waals surface area contributed by atoms with Crippen molar-refractivity contribution in [1.82, 2.24) is 29.3 Å². The number of hydrogen-bond acceptors (Lipinski definition) is 8. The van der Waals surface area contributed by atoms with Crippen molar-refractivity contribution in [2.45, 2.75) is 32.5 Å². The number of rotatable bonds is 6. The first kappa shape index (κ1) is 29.2. The maximum absolute atomic E-state index is 9.35. The molecule has 0 aliphatic carbocycles. The van der Waals surface area contributed by atoms with E-state index in [9.17, 15) is 5.26 Å². The number of aromatic nitrogens is 4. The minimum absolute atomic E-state index is 0.313. The summed E-state index contributed by atoms with van der Waals surface area (Å²) in [6.45, 7) is 7.24. The summed E-state index contributed by atoms with van der Waals surface area (Å²) in [5.41, 5.74) is 13.3. The van der Waals surface area contributed by atoms with E-state index in [1.165, 1.54) is 5.56 Å². The van der Waals surface area contributed by atoms with E-state index in [1.807, 2.05) is 48.5 Å². The third-order valence-electron chi connectivity index (χ3n) is 8.17. The number of anilines is 1. The molecule has 0 spiro atoms. The van der Waals surface area contributed by atoms with Crippen LogP contribution in [0.1, 0.15) is 19.4 Å². The number of hydrogen-bond donors (Lipinski definition) is 1. The van der Waals surface area contributed by atoms with Crippen molar-refractivity contribution in [3.63, 3.8) is 0 Å². The van der Waals surface area contributed by atoms with Gasteiger partial charge >= 0.3 is 0 Å². The number of allylic oxidation sites excluding steroid dienone is 1. The molecule has 224 valence electrons. The van der Waals surface area contributed by atoms with Crippen LogP contribution in [0.3, 0.4) is 0 Å². The summed E-state index contributed by atoms with van der Waals surface area (Å²) in [5.74, 6) is 1.13. The predicted molar refractivity (Wildman–Crippen MR) is 189 cm³/mol. The van der Waals surface area contributed by atoms with Gasteiger partial charge in [0.1, 0.15) is 26.9 Å². The highest BCUT2D eigenvalue weighted by Crippen LogP contribution is 2.32. The quantitative estimate of drug-likeness (QED) is 0.210. The summed E-state index contributed by atoms with van der Waals surface area (Å²) in [7, 11) is 0. The molecule has 0 unspecified atom stereocenters. The number of nitrogen functional groups attached to an aromatic ring is 1. The first-order valence-corrected chi connectivity index (χ1v) is 17.2. The lowest BCUT2D eigenvalue weighted by Crippen LogP contribution is -2.57. The third kappa shape index (κ3) is 5.82. The van der Waals surface area contributed by atoms with Crippen molar-refractivity contribution >= 4 is 47.2 Å². The van der Waals surface area contributed by atoms with Gasteiger partial charge in [0.15, 0.2) is 11.5 Å². The van der Waals surface area contributed by atoms with Crippen molar-refractivity contribution in [2.75, 3.05) is 18.8 Å². The summed E-state index contributed by atoms with van der Waals surface area (Å²) >= 11 is -0.320. The molecule has 2 atom stereocenters. The second-order valence-electron chi connectivity index (χ2n) is 11.4. The summed E-state index contributed by atoms with van der Waals surface area (Å²) in [5, 5.41) is 9.35. The van der Waals surface area contributed by atoms with Gasteiger partial charge < -0.3 is 5.73 Å². The Bertz CT molecular complexity index is 1990. The molecule has 0 bridgehead atoms. The molecule has 5 aromatic rings. The molecule has 9 nitrogen and oxygen atoms in total. The summed E-state index contributed by atoms with van der Waals surface area (Å²) in [6, 6.07) is 29.5. The molecule has 5 heterocycles. The molecular weight excluding hydrogens is 673 g/mol. The van der Waals surface area contributed by atoms with Crippen LogP contribution in [0, 0.1) is 11.3 Å². The number of fused-ring (bicyclic) bond motifs is 1. The fourth-order valence-corrected chi connectivity index (χ4v) is 8.69. The number of pyridine rings is 2. The van der Waals surface area contributed by atoms with Crippen LogP contribution in [0.4, 0.5) is 5.82 Å². The van der Waals surface area contributed by atoms with Gasteiger partial charge in [0, 0.05) is 49.2 Å². The molecule has 2 N–H and O–H groups in total. The van der Waals surface area contributed by atoms with Crippen LogP contribution < -0.4 is 5.73 Å². The molecule has 2 aliphatic rings. The van der Waals surface area contributed by atoms with Crippen LogP contribution >= 0.6 is 20.7 Å². The standard InChI is InChI=1S/C35H32IN9/c1-23-20-43(21-24(2)44(23)35-36-17-16-27(19-37)40-35)22-25-10-12-28(13-11-25)45-33(29-9-6-18-39-32(29)38)42-31-15-14-30(41-34(31)45)26-7-4-3-5-8-26/h3-18,23-24H,20-22H2,1-2H3,(H2,38,39)/t23-,24+. The fraction of sp³-hybridized carbons (Fsp3) is 0.200. The largest absolute Gasteiger partial charge is 0.383 e. The summed E-state index contributed by atoms with van der Waals surface area (Å²) in [6.07, 6.45) is 3.54. The van der Waals surface area contributed by atoms with Gasteiger partial charge in [0.25, 0.3) is 0 Å². The summed E-state index contributed by atoms with van der Waals surface area (Å²) in [4.78, 5) is 24.0. The van der Waals surface area contributed by atoms with Crippen molar-refractivity contribution in [3.05, 3.63) is 101 Å². The van der Waals surface area contributed by atoms with E-state index < -0.39 is 0 Å². The van der Waals surface area contributed by atoms with E-state index in [-0.39, 0.29) is 20.7 Å². The Labute approximate surface area is 272 Å². The molecule has 0 radical (unpaired) electrons. The molecule has 1 saturated heterocycles. The molecule has 0 amide bonds. The normalized spacial score (nSPS) is 19.0. The van der Waals surface area contributed by atoms with Gasteiger partial charge in [-0.15, -0.1) is 0 Å². The molecule has 3 aromatic heterocycles. The van der Waals surface area contributed by atoms with Gasteiger partial charge in [-0.3, -0.25) is 9.47 Å². The number of halogens is 1. The first-order valence-electron chi connectivity index (χ1n) is 14.9. The van der Waals surface area contributed by atoms with Crippen molar-refractivity contribution < 1.29 is 0 Å². The number of nitriles is 1. The van der Waals surface area contributed by atoms with Gasteiger partial charge in [0.05, 0.1) is 11.3 Å². The van der Waals surface area contributed by atoms with Crippen LogP contribution in [-0.4, -0.2) is 64.0 Å². The second kappa shape index (κ2) is 12.4. The van der Waals surface area contributed by atoms with Crippen LogP contribution in [0.5, 0.6) is 0 Å². The molecule has 1 fully saturated rings. The average Bonchev–Trinajstić information content (AvgIpc) is 3.44. The van der Waals surface area contributed by atoms with E-state index in [0.717, 1.165) is 57.1 Å². The monoisotopic (exact) mass is 705 g/mol. The van der Waals surface area contributed by atoms with E-state index >= 15 is 0 Å². The molecule has 7 rings (SSSR count). The zero-order chi connectivity index (χ0) is 30.9. The van der Waals surface area contributed by atoms with Crippen LogP contribution in [0.15, 0.2) is 100 Å². The van der Waals surface area contributed by atoms with Crippen molar-refractivity contribution in [3.8, 4) is 34.4 Å². The number of imidazole rings is 1. The topological polar surface area (TPSA) is 112 Å². The Morgan fingerprint density at radius 3 is 2.44 bits per heavy atom. The Hall–Kier alpha value is -4.57. The predicted octanol–water partition coefficient (Wildman–Crippen LogP) is 6.18. The maximum atomic E-state index is 9.35. The third-order valence-corrected chi connectivity index (χ3v) is 10.2.